The summed E-state index contributed by atoms with van der Waals surface area (Å²) in [6, 6.07) is 7.61. The van der Waals surface area contributed by atoms with E-state index in [1.54, 1.807) is 24.8 Å². The number of amides is 1. The number of carbonyl (C=O) groups is 1. The Morgan fingerprint density at radius 1 is 1.28 bits per heavy atom. The number of nitrogen functional groups attached to an aromatic ring is 1. The fraction of sp³-hybridized carbons (Fsp3) is 0.190. The minimum Gasteiger partial charge on any atom is -0.383 e. The van der Waals surface area contributed by atoms with Crippen molar-refractivity contribution in [2.75, 3.05) is 11.1 Å². The molecule has 0 saturated heterocycles. The Balaban J connectivity index is 1.42. The number of carbonyl (C=O) groups excluding carboxylic acids is 1. The summed E-state index contributed by atoms with van der Waals surface area (Å²) in [6.45, 7) is 2.00. The topological polar surface area (TPSA) is 122 Å². The molecule has 0 radical (unpaired) electrons. The zero-order valence-corrected chi connectivity index (χ0v) is 15.8. The minimum absolute atomic E-state index is 0.0461. The highest BCUT2D eigenvalue weighted by Gasteiger charge is 2.45. The van der Waals surface area contributed by atoms with Crippen LogP contribution in [0.15, 0.2) is 49.1 Å². The lowest BCUT2D eigenvalue weighted by molar-refractivity contribution is -0.117. The molecule has 0 spiro atoms. The maximum Gasteiger partial charge on any atom is 0.229 e. The number of nitrogens with one attached hydrogen (secondary N) is 2. The average molecular weight is 385 g/mol. The van der Waals surface area contributed by atoms with Crippen LogP contribution >= 0.6 is 0 Å². The van der Waals surface area contributed by atoms with Crippen molar-refractivity contribution in [1.82, 2.24) is 25.1 Å². The average Bonchev–Trinajstić information content (AvgIpc) is 3.33. The molecule has 4 aromatic rings. The van der Waals surface area contributed by atoms with E-state index in [2.05, 4.69) is 30.5 Å². The van der Waals surface area contributed by atoms with Crippen LogP contribution < -0.4 is 11.1 Å². The summed E-state index contributed by atoms with van der Waals surface area (Å²) in [5.41, 5.74) is 9.80. The Bertz CT molecular complexity index is 1220. The molecule has 1 aliphatic rings. The molecule has 1 fully saturated rings. The van der Waals surface area contributed by atoms with E-state index in [9.17, 15) is 4.79 Å². The quantitative estimate of drug-likeness (QED) is 0.496. The van der Waals surface area contributed by atoms with E-state index in [0.29, 0.717) is 11.6 Å². The van der Waals surface area contributed by atoms with Gasteiger partial charge < -0.3 is 11.1 Å². The van der Waals surface area contributed by atoms with Gasteiger partial charge in [-0.3, -0.25) is 14.9 Å². The molecule has 0 aromatic carbocycles. The third-order valence-electron chi connectivity index (χ3n) is 5.34. The van der Waals surface area contributed by atoms with Gasteiger partial charge in [-0.25, -0.2) is 9.97 Å². The van der Waals surface area contributed by atoms with E-state index in [1.807, 2.05) is 31.2 Å². The second kappa shape index (κ2) is 6.66. The third-order valence-corrected chi connectivity index (χ3v) is 5.34. The molecule has 4 heterocycles. The number of rotatable bonds is 4. The monoisotopic (exact) mass is 385 g/mol. The summed E-state index contributed by atoms with van der Waals surface area (Å²) in [7, 11) is 0. The second-order valence-electron chi connectivity index (χ2n) is 7.31. The molecule has 1 aliphatic carbocycles. The van der Waals surface area contributed by atoms with Gasteiger partial charge >= 0.3 is 0 Å². The van der Waals surface area contributed by atoms with Crippen molar-refractivity contribution < 1.29 is 4.79 Å². The number of pyridine rings is 3. The highest BCUT2D eigenvalue weighted by molar-refractivity contribution is 5.98. The molecule has 2 unspecified atom stereocenters. The van der Waals surface area contributed by atoms with E-state index in [0.717, 1.165) is 39.7 Å². The van der Waals surface area contributed by atoms with Crippen molar-refractivity contribution in [1.29, 1.82) is 0 Å². The minimum atomic E-state index is -0.0769. The zero-order chi connectivity index (χ0) is 20.0. The zero-order valence-electron chi connectivity index (χ0n) is 15.8. The highest BCUT2D eigenvalue weighted by atomic mass is 16.2. The van der Waals surface area contributed by atoms with Gasteiger partial charge in [0, 0.05) is 47.6 Å². The number of H-pyrrole nitrogens is 1. The molecule has 4 aromatic heterocycles. The van der Waals surface area contributed by atoms with Crippen LogP contribution in [0, 0.1) is 12.8 Å². The number of aromatic nitrogens is 5. The van der Waals surface area contributed by atoms with Crippen LogP contribution in [-0.4, -0.2) is 31.1 Å². The predicted octanol–water partition coefficient (Wildman–Crippen LogP) is 3.05. The Morgan fingerprint density at radius 2 is 2.17 bits per heavy atom. The van der Waals surface area contributed by atoms with Gasteiger partial charge in [0.2, 0.25) is 5.91 Å². The van der Waals surface area contributed by atoms with Crippen molar-refractivity contribution in [3.8, 4) is 11.3 Å². The van der Waals surface area contributed by atoms with E-state index < -0.39 is 0 Å². The van der Waals surface area contributed by atoms with Gasteiger partial charge in [-0.05, 0) is 48.6 Å². The SMILES string of the molecule is Cc1ccncc1-c1cc2cc(NC(=O)C3CC3c3cc[nH]n3)ncc2c(N)n1. The van der Waals surface area contributed by atoms with Crippen LogP contribution in [0.1, 0.15) is 23.6 Å². The van der Waals surface area contributed by atoms with Gasteiger partial charge in [0.1, 0.15) is 11.6 Å². The number of nitrogens with zero attached hydrogens (tertiary/aromatic N) is 4. The summed E-state index contributed by atoms with van der Waals surface area (Å²) in [4.78, 5) is 25.6. The van der Waals surface area contributed by atoms with Crippen LogP contribution in [0.2, 0.25) is 0 Å². The summed E-state index contributed by atoms with van der Waals surface area (Å²) < 4.78 is 0. The van der Waals surface area contributed by atoms with Crippen LogP contribution in [-0.2, 0) is 4.79 Å². The maximum absolute atomic E-state index is 12.6. The second-order valence-corrected chi connectivity index (χ2v) is 7.31. The largest absolute Gasteiger partial charge is 0.383 e. The third kappa shape index (κ3) is 3.18. The number of aromatic amines is 1. The van der Waals surface area contributed by atoms with E-state index in [4.69, 9.17) is 5.73 Å². The molecule has 1 saturated carbocycles. The standard InChI is InChI=1S/C21H19N7O/c1-11-2-4-23-9-15(11)18-6-12-7-19(24-10-16(12)20(22)26-18)27-21(29)14-8-13(14)17-3-5-25-28-17/h2-7,9-10,13-14H,8H2,1H3,(H2,22,26)(H,25,28)(H,24,27,29). The van der Waals surface area contributed by atoms with Crippen LogP contribution in [0.25, 0.3) is 22.0 Å². The molecule has 2 atom stereocenters. The first-order valence-electron chi connectivity index (χ1n) is 9.38. The van der Waals surface area contributed by atoms with Crippen LogP contribution in [0.3, 0.4) is 0 Å². The first-order valence-corrected chi connectivity index (χ1v) is 9.38. The lowest BCUT2D eigenvalue weighted by Gasteiger charge is -2.10. The Kier molecular flexibility index (Phi) is 3.97. The molecule has 0 aliphatic heterocycles. The van der Waals surface area contributed by atoms with Crippen molar-refractivity contribution in [2.24, 2.45) is 5.92 Å². The van der Waals surface area contributed by atoms with Gasteiger partial charge in [0.25, 0.3) is 0 Å². The van der Waals surface area contributed by atoms with E-state index in [-0.39, 0.29) is 17.7 Å². The first kappa shape index (κ1) is 17.3. The molecule has 1 amide bonds. The van der Waals surface area contributed by atoms with Gasteiger partial charge in [0.05, 0.1) is 11.4 Å². The molecule has 144 valence electrons. The highest BCUT2D eigenvalue weighted by Crippen LogP contribution is 2.47. The van der Waals surface area contributed by atoms with Crippen molar-refractivity contribution in [3.63, 3.8) is 0 Å². The lowest BCUT2D eigenvalue weighted by atomic mass is 10.1. The Hall–Kier alpha value is -3.81. The van der Waals surface area contributed by atoms with Gasteiger partial charge in [-0.2, -0.15) is 5.10 Å². The summed E-state index contributed by atoms with van der Waals surface area (Å²) >= 11 is 0. The number of hydrogen-bond donors (Lipinski definition) is 3. The fourth-order valence-corrected chi connectivity index (χ4v) is 3.62. The molecule has 4 N–H and O–H groups in total. The Morgan fingerprint density at radius 3 is 2.97 bits per heavy atom. The Labute approximate surface area is 166 Å². The summed E-state index contributed by atoms with van der Waals surface area (Å²) in [6.07, 6.45) is 7.73. The van der Waals surface area contributed by atoms with Crippen molar-refractivity contribution in [2.45, 2.75) is 19.3 Å². The molecule has 0 bridgehead atoms. The molecular weight excluding hydrogens is 366 g/mol. The van der Waals surface area contributed by atoms with Crippen LogP contribution in [0.4, 0.5) is 11.6 Å². The number of anilines is 2. The first-order chi connectivity index (χ1) is 14.1. The molecule has 8 nitrogen and oxygen atoms in total. The number of hydrogen-bond acceptors (Lipinski definition) is 6. The summed E-state index contributed by atoms with van der Waals surface area (Å²) in [5.74, 6) is 0.936. The predicted molar refractivity (Wildman–Crippen MR) is 110 cm³/mol. The number of aryl methyl sites for hydroxylation is 1. The molecule has 8 heteroatoms. The normalized spacial score (nSPS) is 18.0. The smallest absolute Gasteiger partial charge is 0.229 e. The molecule has 29 heavy (non-hydrogen) atoms. The lowest BCUT2D eigenvalue weighted by Crippen LogP contribution is -2.15. The van der Waals surface area contributed by atoms with E-state index in [1.165, 1.54) is 0 Å². The van der Waals surface area contributed by atoms with Gasteiger partial charge in [0.15, 0.2) is 0 Å². The van der Waals surface area contributed by atoms with Gasteiger partial charge in [-0.1, -0.05) is 0 Å². The maximum atomic E-state index is 12.6. The molecular formula is C21H19N7O. The van der Waals surface area contributed by atoms with Gasteiger partial charge in [-0.15, -0.1) is 0 Å². The summed E-state index contributed by atoms with van der Waals surface area (Å²) in [5, 5.41) is 11.5. The van der Waals surface area contributed by atoms with Crippen molar-refractivity contribution in [3.05, 3.63) is 60.3 Å². The fourth-order valence-electron chi connectivity index (χ4n) is 3.62. The number of fused-ring (bicyclic) bond motifs is 1. The number of nitrogens with two attached hydrogens (primary N) is 1. The van der Waals surface area contributed by atoms with Crippen molar-refractivity contribution >= 4 is 28.3 Å². The van der Waals surface area contributed by atoms with Crippen LogP contribution in [0.5, 0.6) is 0 Å². The van der Waals surface area contributed by atoms with E-state index >= 15 is 0 Å². The molecule has 5 rings (SSSR count).